The molecule has 1 saturated heterocycles. The molecule has 0 aliphatic carbocycles. The van der Waals surface area contributed by atoms with E-state index in [1.54, 1.807) is 17.0 Å². The number of alkyl halides is 3. The number of anilines is 2. The van der Waals surface area contributed by atoms with E-state index in [9.17, 15) is 23.3 Å². The molecule has 1 aliphatic heterocycles. The number of nitro benzene ring substituents is 1. The quantitative estimate of drug-likeness (QED) is 0.498. The highest BCUT2D eigenvalue weighted by Crippen LogP contribution is 2.31. The van der Waals surface area contributed by atoms with Gasteiger partial charge in [0.15, 0.2) is 5.69 Å². The molecule has 1 aromatic carbocycles. The summed E-state index contributed by atoms with van der Waals surface area (Å²) < 4.78 is 40.7. The van der Waals surface area contributed by atoms with Gasteiger partial charge < -0.3 is 9.80 Å². The van der Waals surface area contributed by atoms with Crippen LogP contribution in [0.1, 0.15) is 5.69 Å². The van der Waals surface area contributed by atoms with Crippen molar-refractivity contribution < 1.29 is 18.1 Å². The van der Waals surface area contributed by atoms with Gasteiger partial charge in [0.05, 0.1) is 4.92 Å². The topological polar surface area (TPSA) is 92.7 Å². The fourth-order valence-electron chi connectivity index (χ4n) is 3.15. The Morgan fingerprint density at radius 3 is 2.29 bits per heavy atom. The predicted octanol–water partition coefficient (Wildman–Crippen LogP) is 2.38. The van der Waals surface area contributed by atoms with Gasteiger partial charge in [-0.1, -0.05) is 0 Å². The highest BCUT2D eigenvalue weighted by molar-refractivity contribution is 5.54. The molecule has 9 nitrogen and oxygen atoms in total. The Labute approximate surface area is 156 Å². The molecule has 0 bridgehead atoms. The van der Waals surface area contributed by atoms with Crippen molar-refractivity contribution in [3.8, 4) is 0 Å². The van der Waals surface area contributed by atoms with Crippen molar-refractivity contribution >= 4 is 23.0 Å². The zero-order chi connectivity index (χ0) is 19.9. The van der Waals surface area contributed by atoms with Crippen LogP contribution in [0.15, 0.2) is 36.7 Å². The second-order valence-corrected chi connectivity index (χ2v) is 6.22. The Kier molecular flexibility index (Phi) is 4.24. The van der Waals surface area contributed by atoms with Crippen LogP contribution < -0.4 is 9.80 Å². The number of rotatable bonds is 3. The highest BCUT2D eigenvalue weighted by atomic mass is 19.4. The van der Waals surface area contributed by atoms with E-state index in [1.165, 1.54) is 23.0 Å². The summed E-state index contributed by atoms with van der Waals surface area (Å²) >= 11 is 0. The molecule has 12 heteroatoms. The minimum absolute atomic E-state index is 0.00688. The molecule has 0 atom stereocenters. The van der Waals surface area contributed by atoms with Crippen molar-refractivity contribution in [2.75, 3.05) is 36.0 Å². The summed E-state index contributed by atoms with van der Waals surface area (Å²) in [4.78, 5) is 21.4. The van der Waals surface area contributed by atoms with Crippen LogP contribution in [-0.4, -0.2) is 50.7 Å². The predicted molar refractivity (Wildman–Crippen MR) is 93.3 cm³/mol. The zero-order valence-electron chi connectivity index (χ0n) is 14.4. The first kappa shape index (κ1) is 17.9. The van der Waals surface area contributed by atoms with Crippen molar-refractivity contribution in [1.82, 2.24) is 19.6 Å². The fraction of sp³-hybridized carbons (Fsp3) is 0.312. The van der Waals surface area contributed by atoms with E-state index in [-0.39, 0.29) is 17.3 Å². The smallest absolute Gasteiger partial charge is 0.368 e. The van der Waals surface area contributed by atoms with E-state index in [0.717, 1.165) is 11.8 Å². The third-order valence-electron chi connectivity index (χ3n) is 4.55. The lowest BCUT2D eigenvalue weighted by Crippen LogP contribution is -2.47. The molecule has 3 heterocycles. The Bertz CT molecular complexity index is 1010. The van der Waals surface area contributed by atoms with E-state index in [1.807, 2.05) is 4.90 Å². The fourth-order valence-corrected chi connectivity index (χ4v) is 3.15. The number of non-ortho nitro benzene ring substituents is 1. The number of hydrogen-bond acceptors (Lipinski definition) is 7. The first-order valence-corrected chi connectivity index (χ1v) is 8.35. The number of fused-ring (bicyclic) bond motifs is 1. The zero-order valence-corrected chi connectivity index (χ0v) is 14.4. The molecule has 0 radical (unpaired) electrons. The summed E-state index contributed by atoms with van der Waals surface area (Å²) in [7, 11) is 0. The summed E-state index contributed by atoms with van der Waals surface area (Å²) in [6.07, 6.45) is -3.41. The van der Waals surface area contributed by atoms with Gasteiger partial charge in [-0.25, -0.2) is 4.98 Å². The average molecular weight is 393 g/mol. The maximum Gasteiger partial charge on any atom is 0.433 e. The minimum atomic E-state index is -4.58. The molecular weight excluding hydrogens is 379 g/mol. The van der Waals surface area contributed by atoms with Gasteiger partial charge in [-0.2, -0.15) is 27.8 Å². The van der Waals surface area contributed by atoms with Gasteiger partial charge in [0.2, 0.25) is 0 Å². The van der Waals surface area contributed by atoms with Crippen molar-refractivity contribution in [2.24, 2.45) is 0 Å². The first-order valence-electron chi connectivity index (χ1n) is 8.35. The number of piperazine rings is 1. The number of aromatic nitrogens is 4. The Hall–Kier alpha value is -3.44. The lowest BCUT2D eigenvalue weighted by atomic mass is 10.2. The second kappa shape index (κ2) is 6.62. The van der Waals surface area contributed by atoms with Gasteiger partial charge in [-0.05, 0) is 12.1 Å². The first-order chi connectivity index (χ1) is 13.3. The van der Waals surface area contributed by atoms with Crippen molar-refractivity contribution in [2.45, 2.75) is 6.18 Å². The molecule has 0 unspecified atom stereocenters. The van der Waals surface area contributed by atoms with Crippen LogP contribution in [0.5, 0.6) is 0 Å². The molecule has 28 heavy (non-hydrogen) atoms. The lowest BCUT2D eigenvalue weighted by molar-refractivity contribution is -0.384. The van der Waals surface area contributed by atoms with Gasteiger partial charge >= 0.3 is 6.18 Å². The second-order valence-electron chi connectivity index (χ2n) is 6.22. The normalized spacial score (nSPS) is 15.2. The third-order valence-corrected chi connectivity index (χ3v) is 4.55. The van der Waals surface area contributed by atoms with Crippen molar-refractivity contribution in [3.05, 3.63) is 52.5 Å². The number of hydrogen-bond donors (Lipinski definition) is 0. The standard InChI is InChI=1S/C16H14F3N7O2/c17-16(18,19)13-9-14(25-15(22-13)20-10-21-25)24-7-5-23(6-8-24)11-1-3-12(4-2-11)26(27)28/h1-4,9-10H,5-8H2. The summed E-state index contributed by atoms with van der Waals surface area (Å²) in [5.41, 5.74) is -0.185. The molecule has 146 valence electrons. The van der Waals surface area contributed by atoms with Crippen LogP contribution in [0.2, 0.25) is 0 Å². The third kappa shape index (κ3) is 3.28. The molecule has 4 rings (SSSR count). The van der Waals surface area contributed by atoms with Crippen LogP contribution in [0.25, 0.3) is 5.78 Å². The number of nitrogens with zero attached hydrogens (tertiary/aromatic N) is 7. The average Bonchev–Trinajstić information content (AvgIpc) is 3.15. The molecule has 1 fully saturated rings. The van der Waals surface area contributed by atoms with Crippen molar-refractivity contribution in [1.29, 1.82) is 0 Å². The van der Waals surface area contributed by atoms with E-state index in [0.29, 0.717) is 26.2 Å². The maximum atomic E-state index is 13.1. The number of nitro groups is 1. The highest BCUT2D eigenvalue weighted by Gasteiger charge is 2.35. The van der Waals surface area contributed by atoms with Gasteiger partial charge in [0.1, 0.15) is 12.1 Å². The van der Waals surface area contributed by atoms with E-state index in [4.69, 9.17) is 0 Å². The van der Waals surface area contributed by atoms with Gasteiger partial charge in [0.25, 0.3) is 11.5 Å². The SMILES string of the molecule is O=[N+]([O-])c1ccc(N2CCN(c3cc(C(F)(F)F)nc4ncnn34)CC2)cc1. The van der Waals surface area contributed by atoms with Crippen molar-refractivity contribution in [3.63, 3.8) is 0 Å². The summed E-state index contributed by atoms with van der Waals surface area (Å²) in [6.45, 7) is 1.98. The van der Waals surface area contributed by atoms with Crippen LogP contribution in [0.4, 0.5) is 30.4 Å². The number of halogens is 3. The summed E-state index contributed by atoms with van der Waals surface area (Å²) in [6, 6.07) is 7.16. The molecule has 0 amide bonds. The van der Waals surface area contributed by atoms with E-state index < -0.39 is 16.8 Å². The molecule has 0 saturated carbocycles. The molecule has 2 aromatic heterocycles. The van der Waals surface area contributed by atoms with Crippen LogP contribution >= 0.6 is 0 Å². The summed E-state index contributed by atoms with van der Waals surface area (Å²) in [5.74, 6) is 0.167. The molecule has 0 N–H and O–H groups in total. The van der Waals surface area contributed by atoms with E-state index in [2.05, 4.69) is 15.1 Å². The monoisotopic (exact) mass is 393 g/mol. The summed E-state index contributed by atoms with van der Waals surface area (Å²) in [5, 5.41) is 14.7. The van der Waals surface area contributed by atoms with Crippen LogP contribution in [-0.2, 0) is 6.18 Å². The molecular formula is C16H14F3N7O2. The largest absolute Gasteiger partial charge is 0.433 e. The lowest BCUT2D eigenvalue weighted by Gasteiger charge is -2.37. The minimum Gasteiger partial charge on any atom is -0.368 e. The molecule has 3 aromatic rings. The van der Waals surface area contributed by atoms with Gasteiger partial charge in [-0.15, -0.1) is 0 Å². The number of benzene rings is 1. The Morgan fingerprint density at radius 2 is 1.68 bits per heavy atom. The molecule has 1 aliphatic rings. The maximum absolute atomic E-state index is 13.1. The Balaban J connectivity index is 1.55. The van der Waals surface area contributed by atoms with Gasteiger partial charge in [0, 0.05) is 50.1 Å². The van der Waals surface area contributed by atoms with E-state index >= 15 is 0 Å². The molecule has 0 spiro atoms. The van der Waals surface area contributed by atoms with Gasteiger partial charge in [-0.3, -0.25) is 10.1 Å². The van der Waals surface area contributed by atoms with Crippen LogP contribution in [0.3, 0.4) is 0 Å². The Morgan fingerprint density at radius 1 is 1.04 bits per heavy atom. The van der Waals surface area contributed by atoms with Crippen LogP contribution in [0, 0.1) is 10.1 Å².